The first kappa shape index (κ1) is 16.0. The summed E-state index contributed by atoms with van der Waals surface area (Å²) in [6.45, 7) is 0. The Morgan fingerprint density at radius 3 is 1.40 bits per heavy atom. The normalized spacial score (nSPS) is 34.9. The van der Waals surface area contributed by atoms with Crippen LogP contribution in [-0.2, 0) is 4.79 Å². The van der Waals surface area contributed by atoms with Gasteiger partial charge in [-0.05, 0) is 76.0 Å². The summed E-state index contributed by atoms with van der Waals surface area (Å²) >= 11 is 0. The molecular formula is C17H30O3. The molecule has 2 aliphatic carbocycles. The van der Waals surface area contributed by atoms with E-state index in [0.29, 0.717) is 17.6 Å². The van der Waals surface area contributed by atoms with Gasteiger partial charge >= 0.3 is 0 Å². The van der Waals surface area contributed by atoms with Crippen LogP contribution >= 0.6 is 0 Å². The van der Waals surface area contributed by atoms with Crippen LogP contribution in [0.4, 0.5) is 0 Å². The number of Topliss-reactive ketones (excluding diaryl/α,β-unsaturated/α-hetero) is 1. The van der Waals surface area contributed by atoms with E-state index in [9.17, 15) is 15.0 Å². The van der Waals surface area contributed by atoms with Crippen LogP contribution < -0.4 is 0 Å². The molecule has 0 saturated heterocycles. The molecule has 0 radical (unpaired) electrons. The van der Waals surface area contributed by atoms with Gasteiger partial charge in [0.1, 0.15) is 5.78 Å². The summed E-state index contributed by atoms with van der Waals surface area (Å²) in [4.78, 5) is 12.0. The highest BCUT2D eigenvalue weighted by atomic mass is 16.3. The van der Waals surface area contributed by atoms with Crippen LogP contribution in [0.1, 0.15) is 77.0 Å². The van der Waals surface area contributed by atoms with Gasteiger partial charge in [-0.2, -0.15) is 0 Å². The average Bonchev–Trinajstić information content (AvgIpc) is 2.46. The zero-order valence-electron chi connectivity index (χ0n) is 12.6. The number of hydrogen-bond acceptors (Lipinski definition) is 3. The van der Waals surface area contributed by atoms with Crippen LogP contribution in [0.25, 0.3) is 0 Å². The molecule has 0 amide bonds. The monoisotopic (exact) mass is 282 g/mol. The summed E-state index contributed by atoms with van der Waals surface area (Å²) in [6.07, 6.45) is 11.4. The van der Waals surface area contributed by atoms with Gasteiger partial charge in [0.25, 0.3) is 0 Å². The molecule has 0 spiro atoms. The third-order valence-electron chi connectivity index (χ3n) is 5.30. The summed E-state index contributed by atoms with van der Waals surface area (Å²) in [5, 5.41) is 18.9. The molecule has 2 fully saturated rings. The van der Waals surface area contributed by atoms with Crippen molar-refractivity contribution >= 4 is 5.78 Å². The molecule has 0 aliphatic heterocycles. The Bertz CT molecular complexity index is 259. The Morgan fingerprint density at radius 2 is 1.05 bits per heavy atom. The summed E-state index contributed by atoms with van der Waals surface area (Å²) in [5.41, 5.74) is 0. The van der Waals surface area contributed by atoms with Gasteiger partial charge in [-0.1, -0.05) is 0 Å². The first-order valence-corrected chi connectivity index (χ1v) is 8.51. The summed E-state index contributed by atoms with van der Waals surface area (Å²) in [5.74, 6) is 1.74. The maximum Gasteiger partial charge on any atom is 0.132 e. The van der Waals surface area contributed by atoms with Gasteiger partial charge in [-0.15, -0.1) is 0 Å². The van der Waals surface area contributed by atoms with E-state index in [4.69, 9.17) is 0 Å². The van der Waals surface area contributed by atoms with Crippen molar-refractivity contribution in [3.05, 3.63) is 0 Å². The molecular weight excluding hydrogens is 252 g/mol. The van der Waals surface area contributed by atoms with Crippen LogP contribution in [0.5, 0.6) is 0 Å². The van der Waals surface area contributed by atoms with Crippen molar-refractivity contribution in [2.24, 2.45) is 11.8 Å². The van der Waals surface area contributed by atoms with Crippen molar-refractivity contribution in [3.8, 4) is 0 Å². The topological polar surface area (TPSA) is 57.5 Å². The third kappa shape index (κ3) is 5.53. The lowest BCUT2D eigenvalue weighted by Crippen LogP contribution is -2.20. The molecule has 20 heavy (non-hydrogen) atoms. The molecule has 3 heteroatoms. The SMILES string of the molecule is O=C(CCC1CCC(O)CC1)CCC1CCC(O)CC1. The Hall–Kier alpha value is -0.410. The van der Waals surface area contributed by atoms with Gasteiger partial charge in [0.2, 0.25) is 0 Å². The van der Waals surface area contributed by atoms with Gasteiger partial charge in [0, 0.05) is 12.8 Å². The molecule has 0 aromatic rings. The minimum absolute atomic E-state index is 0.0939. The van der Waals surface area contributed by atoms with Crippen LogP contribution in [0.3, 0.4) is 0 Å². The molecule has 0 bridgehead atoms. The fourth-order valence-corrected chi connectivity index (χ4v) is 3.72. The lowest BCUT2D eigenvalue weighted by molar-refractivity contribution is -0.119. The molecule has 116 valence electrons. The highest BCUT2D eigenvalue weighted by Gasteiger charge is 2.22. The summed E-state index contributed by atoms with van der Waals surface area (Å²) < 4.78 is 0. The quantitative estimate of drug-likeness (QED) is 0.786. The van der Waals surface area contributed by atoms with E-state index in [1.54, 1.807) is 0 Å². The second kappa shape index (κ2) is 8.14. The number of aliphatic hydroxyl groups is 2. The summed E-state index contributed by atoms with van der Waals surface area (Å²) in [6, 6.07) is 0. The number of aliphatic hydroxyl groups excluding tert-OH is 2. The van der Waals surface area contributed by atoms with Crippen LogP contribution in [0.15, 0.2) is 0 Å². The molecule has 2 rings (SSSR count). The Labute approximate surface area is 122 Å². The van der Waals surface area contributed by atoms with Gasteiger partial charge in [0.05, 0.1) is 12.2 Å². The third-order valence-corrected chi connectivity index (χ3v) is 5.30. The second-order valence-electron chi connectivity index (χ2n) is 6.97. The van der Waals surface area contributed by atoms with Crippen molar-refractivity contribution in [2.45, 2.75) is 89.3 Å². The molecule has 0 atom stereocenters. The summed E-state index contributed by atoms with van der Waals surface area (Å²) in [7, 11) is 0. The molecule has 0 aromatic carbocycles. The number of ketones is 1. The van der Waals surface area contributed by atoms with Crippen molar-refractivity contribution in [3.63, 3.8) is 0 Å². The molecule has 3 nitrogen and oxygen atoms in total. The number of rotatable bonds is 6. The molecule has 0 aromatic heterocycles. The van der Waals surface area contributed by atoms with E-state index in [1.165, 1.54) is 0 Å². The zero-order chi connectivity index (χ0) is 14.4. The van der Waals surface area contributed by atoms with E-state index in [0.717, 1.165) is 77.0 Å². The lowest BCUT2D eigenvalue weighted by atomic mass is 9.82. The first-order chi connectivity index (χ1) is 9.63. The van der Waals surface area contributed by atoms with E-state index in [2.05, 4.69) is 0 Å². The smallest absolute Gasteiger partial charge is 0.132 e. The number of carbonyl (C=O) groups is 1. The number of carbonyl (C=O) groups excluding carboxylic acids is 1. The van der Waals surface area contributed by atoms with Gasteiger partial charge in [0.15, 0.2) is 0 Å². The lowest BCUT2D eigenvalue weighted by Gasteiger charge is -2.26. The van der Waals surface area contributed by atoms with Crippen molar-refractivity contribution < 1.29 is 15.0 Å². The Balaban J connectivity index is 1.54. The molecule has 2 saturated carbocycles. The molecule has 2 N–H and O–H groups in total. The molecule has 2 aliphatic rings. The van der Waals surface area contributed by atoms with Gasteiger partial charge in [-0.3, -0.25) is 4.79 Å². The minimum atomic E-state index is -0.0939. The van der Waals surface area contributed by atoms with Crippen molar-refractivity contribution in [1.82, 2.24) is 0 Å². The van der Waals surface area contributed by atoms with E-state index in [-0.39, 0.29) is 12.2 Å². The standard InChI is InChI=1S/C17H30O3/c18-15-7-1-13(2-8-15)5-11-17(20)12-6-14-3-9-16(19)10-4-14/h13-16,18-19H,1-12H2. The van der Waals surface area contributed by atoms with Crippen LogP contribution in [-0.4, -0.2) is 28.2 Å². The van der Waals surface area contributed by atoms with E-state index >= 15 is 0 Å². The maximum atomic E-state index is 12.0. The second-order valence-corrected chi connectivity index (χ2v) is 6.97. The van der Waals surface area contributed by atoms with Crippen LogP contribution in [0, 0.1) is 11.8 Å². The predicted octanol–water partition coefficient (Wildman–Crippen LogP) is 3.22. The molecule has 0 heterocycles. The fourth-order valence-electron chi connectivity index (χ4n) is 3.72. The van der Waals surface area contributed by atoms with E-state index in [1.807, 2.05) is 0 Å². The Morgan fingerprint density at radius 1 is 0.700 bits per heavy atom. The minimum Gasteiger partial charge on any atom is -0.393 e. The van der Waals surface area contributed by atoms with Crippen molar-refractivity contribution in [1.29, 1.82) is 0 Å². The van der Waals surface area contributed by atoms with E-state index < -0.39 is 0 Å². The first-order valence-electron chi connectivity index (χ1n) is 8.51. The fraction of sp³-hybridized carbons (Fsp3) is 0.941. The molecule has 0 unspecified atom stereocenters. The average molecular weight is 282 g/mol. The van der Waals surface area contributed by atoms with Gasteiger partial charge < -0.3 is 10.2 Å². The predicted molar refractivity (Wildman–Crippen MR) is 79.4 cm³/mol. The number of hydrogen-bond donors (Lipinski definition) is 2. The largest absolute Gasteiger partial charge is 0.393 e. The maximum absolute atomic E-state index is 12.0. The zero-order valence-corrected chi connectivity index (χ0v) is 12.6. The van der Waals surface area contributed by atoms with Gasteiger partial charge in [-0.25, -0.2) is 0 Å². The highest BCUT2D eigenvalue weighted by molar-refractivity contribution is 5.78. The van der Waals surface area contributed by atoms with Crippen LogP contribution in [0.2, 0.25) is 0 Å². The highest BCUT2D eigenvalue weighted by Crippen LogP contribution is 2.30. The Kier molecular flexibility index (Phi) is 6.50. The van der Waals surface area contributed by atoms with Crippen molar-refractivity contribution in [2.75, 3.05) is 0 Å².